The number of carbonyl (C=O) groups is 4. The first-order chi connectivity index (χ1) is 13.1. The lowest BCUT2D eigenvalue weighted by Crippen LogP contribution is -2.47. The Hall–Kier alpha value is -2.52. The first-order valence-electron chi connectivity index (χ1n) is 9.51. The zero-order valence-electron chi connectivity index (χ0n) is 18.5. The van der Waals surface area contributed by atoms with E-state index in [4.69, 9.17) is 14.6 Å². The predicted octanol–water partition coefficient (Wildman–Crippen LogP) is 2.07. The van der Waals surface area contributed by atoms with Crippen LogP contribution in [0.25, 0.3) is 0 Å². The number of nitrogens with one attached hydrogen (secondary N) is 1. The van der Waals surface area contributed by atoms with Gasteiger partial charge in [0.1, 0.15) is 17.7 Å². The minimum atomic E-state index is -0.945. The summed E-state index contributed by atoms with van der Waals surface area (Å²) in [5, 5.41) is 11.2. The van der Waals surface area contributed by atoms with Crippen molar-refractivity contribution in [1.82, 2.24) is 15.1 Å². The quantitative estimate of drug-likeness (QED) is 0.550. The van der Waals surface area contributed by atoms with Crippen LogP contribution in [0.1, 0.15) is 54.4 Å². The number of carboxylic acid groups (broad SMARTS) is 1. The van der Waals surface area contributed by atoms with Crippen LogP contribution in [0.2, 0.25) is 0 Å². The summed E-state index contributed by atoms with van der Waals surface area (Å²) in [5.41, 5.74) is -1.39. The molecule has 0 atom stereocenters. The number of ether oxygens (including phenoxy) is 2. The van der Waals surface area contributed by atoms with Crippen LogP contribution in [0.4, 0.5) is 9.59 Å². The van der Waals surface area contributed by atoms with Gasteiger partial charge in [-0.05, 0) is 48.0 Å². The monoisotopic (exact) mass is 417 g/mol. The molecule has 0 aromatic rings. The highest BCUT2D eigenvalue weighted by molar-refractivity contribution is 5.82. The van der Waals surface area contributed by atoms with E-state index in [2.05, 4.69) is 5.32 Å². The van der Waals surface area contributed by atoms with E-state index in [9.17, 15) is 19.2 Å². The van der Waals surface area contributed by atoms with E-state index in [1.54, 1.807) is 41.5 Å². The lowest BCUT2D eigenvalue weighted by atomic mass is 10.2. The fourth-order valence-corrected chi connectivity index (χ4v) is 1.96. The molecule has 0 aliphatic heterocycles. The van der Waals surface area contributed by atoms with Gasteiger partial charge in [0.05, 0.1) is 0 Å². The lowest BCUT2D eigenvalue weighted by molar-refractivity contribution is -0.137. The van der Waals surface area contributed by atoms with Crippen molar-refractivity contribution in [2.75, 3.05) is 33.2 Å². The predicted molar refractivity (Wildman–Crippen MR) is 107 cm³/mol. The molecule has 2 N–H and O–H groups in total. The normalized spacial score (nSPS) is 11.4. The molecule has 0 unspecified atom stereocenters. The molecule has 0 aromatic heterocycles. The molecule has 10 nitrogen and oxygen atoms in total. The van der Waals surface area contributed by atoms with Crippen molar-refractivity contribution in [2.45, 2.75) is 65.6 Å². The van der Waals surface area contributed by atoms with Crippen LogP contribution in [-0.2, 0) is 19.1 Å². The molecule has 0 aliphatic carbocycles. The van der Waals surface area contributed by atoms with E-state index in [1.807, 2.05) is 0 Å². The van der Waals surface area contributed by atoms with Gasteiger partial charge in [-0.1, -0.05) is 0 Å². The summed E-state index contributed by atoms with van der Waals surface area (Å²) in [6.45, 7) is 10.5. The van der Waals surface area contributed by atoms with Gasteiger partial charge in [-0.25, -0.2) is 9.59 Å². The highest BCUT2D eigenvalue weighted by atomic mass is 16.6. The molecule has 0 saturated heterocycles. The summed E-state index contributed by atoms with van der Waals surface area (Å²) >= 11 is 0. The fourth-order valence-electron chi connectivity index (χ4n) is 1.96. The SMILES string of the molecule is CN(CCN(CC(=O)NCCCC(=O)O)C(=O)OC(C)(C)C)C(=O)OC(C)(C)C. The molecule has 0 aliphatic rings. The Morgan fingerprint density at radius 1 is 0.897 bits per heavy atom. The van der Waals surface area contributed by atoms with Crippen molar-refractivity contribution in [1.29, 1.82) is 0 Å². The lowest BCUT2D eigenvalue weighted by Gasteiger charge is -2.29. The van der Waals surface area contributed by atoms with Crippen LogP contribution in [0.15, 0.2) is 0 Å². The van der Waals surface area contributed by atoms with Crippen LogP contribution in [0.5, 0.6) is 0 Å². The minimum Gasteiger partial charge on any atom is -0.481 e. The number of nitrogens with zero attached hydrogens (tertiary/aromatic N) is 2. The van der Waals surface area contributed by atoms with E-state index >= 15 is 0 Å². The van der Waals surface area contributed by atoms with Crippen molar-refractivity contribution in [3.63, 3.8) is 0 Å². The maximum Gasteiger partial charge on any atom is 0.410 e. The molecule has 0 rings (SSSR count). The number of likely N-dealkylation sites (N-methyl/N-ethyl adjacent to an activating group) is 1. The van der Waals surface area contributed by atoms with Gasteiger partial charge in [0, 0.05) is 33.1 Å². The third kappa shape index (κ3) is 14.2. The van der Waals surface area contributed by atoms with Crippen LogP contribution < -0.4 is 5.32 Å². The number of carbonyl (C=O) groups excluding carboxylic acids is 3. The van der Waals surface area contributed by atoms with Gasteiger partial charge >= 0.3 is 18.2 Å². The zero-order chi connectivity index (χ0) is 22.8. The summed E-state index contributed by atoms with van der Waals surface area (Å²) in [5.74, 6) is -1.39. The first kappa shape index (κ1) is 26.5. The van der Waals surface area contributed by atoms with Gasteiger partial charge in [0.15, 0.2) is 0 Å². The summed E-state index contributed by atoms with van der Waals surface area (Å²) in [6, 6.07) is 0. The number of rotatable bonds is 9. The van der Waals surface area contributed by atoms with E-state index in [0.29, 0.717) is 0 Å². The van der Waals surface area contributed by atoms with Crippen molar-refractivity contribution >= 4 is 24.1 Å². The highest BCUT2D eigenvalue weighted by Crippen LogP contribution is 2.11. The molecule has 0 spiro atoms. The van der Waals surface area contributed by atoms with Crippen molar-refractivity contribution in [3.05, 3.63) is 0 Å². The Morgan fingerprint density at radius 2 is 1.41 bits per heavy atom. The summed E-state index contributed by atoms with van der Waals surface area (Å²) < 4.78 is 10.6. The molecule has 3 amide bonds. The summed E-state index contributed by atoms with van der Waals surface area (Å²) in [7, 11) is 1.54. The molecule has 0 bridgehead atoms. The standard InChI is InChI=1S/C19H35N3O7/c1-18(2,3)28-16(26)21(7)11-12-22(17(27)29-19(4,5)6)13-14(23)20-10-8-9-15(24)25/h8-13H2,1-7H3,(H,20,23)(H,24,25). The smallest absolute Gasteiger partial charge is 0.410 e. The zero-order valence-corrected chi connectivity index (χ0v) is 18.5. The Bertz CT molecular complexity index is 579. The molecule has 0 heterocycles. The Kier molecular flexibility index (Phi) is 10.5. The molecule has 0 fully saturated rings. The third-order valence-corrected chi connectivity index (χ3v) is 3.29. The minimum absolute atomic E-state index is 0.0588. The first-order valence-corrected chi connectivity index (χ1v) is 9.51. The highest BCUT2D eigenvalue weighted by Gasteiger charge is 2.25. The van der Waals surface area contributed by atoms with Crippen LogP contribution in [0.3, 0.4) is 0 Å². The third-order valence-electron chi connectivity index (χ3n) is 3.29. The molecule has 0 aromatic carbocycles. The summed E-state index contributed by atoms with van der Waals surface area (Å²) in [6.07, 6.45) is -0.999. The van der Waals surface area contributed by atoms with Gasteiger partial charge in [-0.15, -0.1) is 0 Å². The number of amides is 3. The molecule has 168 valence electrons. The fraction of sp³-hybridized carbons (Fsp3) is 0.789. The molecule has 0 radical (unpaired) electrons. The second-order valence-corrected chi connectivity index (χ2v) is 8.65. The van der Waals surface area contributed by atoms with E-state index < -0.39 is 35.3 Å². The van der Waals surface area contributed by atoms with Crippen LogP contribution in [0, 0.1) is 0 Å². The molecule has 0 saturated carbocycles. The Labute approximate surface area is 172 Å². The number of carboxylic acids is 1. The number of hydrogen-bond acceptors (Lipinski definition) is 6. The Balaban J connectivity index is 4.85. The summed E-state index contributed by atoms with van der Waals surface area (Å²) in [4.78, 5) is 49.6. The molecular formula is C19H35N3O7. The number of aliphatic carboxylic acids is 1. The van der Waals surface area contributed by atoms with Gasteiger partial charge in [-0.3, -0.25) is 14.5 Å². The average molecular weight is 418 g/mol. The second-order valence-electron chi connectivity index (χ2n) is 8.65. The van der Waals surface area contributed by atoms with Crippen molar-refractivity contribution in [2.24, 2.45) is 0 Å². The molecular weight excluding hydrogens is 382 g/mol. The molecule has 10 heteroatoms. The topological polar surface area (TPSA) is 125 Å². The van der Waals surface area contributed by atoms with Gasteiger partial charge in [0.2, 0.25) is 5.91 Å². The largest absolute Gasteiger partial charge is 0.481 e. The van der Waals surface area contributed by atoms with Crippen LogP contribution in [-0.4, -0.2) is 83.4 Å². The van der Waals surface area contributed by atoms with Gasteiger partial charge in [-0.2, -0.15) is 0 Å². The van der Waals surface area contributed by atoms with E-state index in [0.717, 1.165) is 0 Å². The van der Waals surface area contributed by atoms with E-state index in [1.165, 1.54) is 16.8 Å². The maximum absolute atomic E-state index is 12.4. The number of hydrogen-bond donors (Lipinski definition) is 2. The van der Waals surface area contributed by atoms with Gasteiger partial charge < -0.3 is 24.8 Å². The van der Waals surface area contributed by atoms with Crippen molar-refractivity contribution < 1.29 is 33.8 Å². The van der Waals surface area contributed by atoms with E-state index in [-0.39, 0.29) is 39.0 Å². The second kappa shape index (κ2) is 11.5. The van der Waals surface area contributed by atoms with Crippen LogP contribution >= 0.6 is 0 Å². The Morgan fingerprint density at radius 3 is 1.90 bits per heavy atom. The van der Waals surface area contributed by atoms with Crippen molar-refractivity contribution in [3.8, 4) is 0 Å². The van der Waals surface area contributed by atoms with Gasteiger partial charge in [0.25, 0.3) is 0 Å². The average Bonchev–Trinajstić information content (AvgIpc) is 2.51. The maximum atomic E-state index is 12.4. The molecule has 29 heavy (non-hydrogen) atoms.